The number of epoxide rings is 1. The Morgan fingerprint density at radius 1 is 1.41 bits per heavy atom. The minimum Gasteiger partial charge on any atom is -0.460 e. The van der Waals surface area contributed by atoms with Crippen molar-refractivity contribution < 1.29 is 23.5 Å². The minimum absolute atomic E-state index is 0.0851. The maximum Gasteiger partial charge on any atom is 0.303 e. The first-order valence-corrected chi connectivity index (χ1v) is 7.81. The Balaban J connectivity index is 1.97. The lowest BCUT2D eigenvalue weighted by Crippen LogP contribution is -2.57. The lowest BCUT2D eigenvalue weighted by molar-refractivity contribution is -0.163. The number of Topliss-reactive ketones (excluding diaryl/α,β-unsaturated/α-hetero) is 1. The van der Waals surface area contributed by atoms with E-state index in [1.54, 1.807) is 6.26 Å². The van der Waals surface area contributed by atoms with Gasteiger partial charge in [0.15, 0.2) is 11.4 Å². The molecule has 22 heavy (non-hydrogen) atoms. The summed E-state index contributed by atoms with van der Waals surface area (Å²) in [5.41, 5.74) is 0.125. The first kappa shape index (κ1) is 14.0. The summed E-state index contributed by atoms with van der Waals surface area (Å²) in [7, 11) is 0. The molecule has 1 saturated carbocycles. The summed E-state index contributed by atoms with van der Waals surface area (Å²) in [6.45, 7) is 7.42. The summed E-state index contributed by atoms with van der Waals surface area (Å²) in [6.07, 6.45) is 2.80. The fourth-order valence-corrected chi connectivity index (χ4v) is 4.66. The van der Waals surface area contributed by atoms with Crippen LogP contribution >= 0.6 is 0 Å². The molecule has 0 aromatic carbocycles. The molecule has 1 aromatic rings. The zero-order valence-corrected chi connectivity index (χ0v) is 13.3. The van der Waals surface area contributed by atoms with E-state index in [1.165, 1.54) is 6.92 Å². The van der Waals surface area contributed by atoms with Crippen LogP contribution in [-0.4, -0.2) is 23.5 Å². The SMILES string of the molecule is CC(=O)OC1c2c(C)coc2C(=O)C23OC2CCC(C)C13C. The second kappa shape index (κ2) is 4.02. The van der Waals surface area contributed by atoms with Crippen molar-refractivity contribution in [2.75, 3.05) is 0 Å². The Morgan fingerprint density at radius 2 is 2.14 bits per heavy atom. The van der Waals surface area contributed by atoms with E-state index in [4.69, 9.17) is 13.9 Å². The molecule has 5 heteroatoms. The van der Waals surface area contributed by atoms with Crippen molar-refractivity contribution in [1.82, 2.24) is 0 Å². The second-order valence-electron chi connectivity index (χ2n) is 7.08. The monoisotopic (exact) mass is 304 g/mol. The summed E-state index contributed by atoms with van der Waals surface area (Å²) >= 11 is 0. The molecule has 4 rings (SSSR count). The second-order valence-corrected chi connectivity index (χ2v) is 7.08. The van der Waals surface area contributed by atoms with Crippen LogP contribution in [-0.2, 0) is 14.3 Å². The van der Waals surface area contributed by atoms with Crippen molar-refractivity contribution in [2.24, 2.45) is 11.3 Å². The molecule has 5 nitrogen and oxygen atoms in total. The number of hydrogen-bond donors (Lipinski definition) is 0. The number of carbonyl (C=O) groups is 2. The fourth-order valence-electron chi connectivity index (χ4n) is 4.66. The Morgan fingerprint density at radius 3 is 2.82 bits per heavy atom. The van der Waals surface area contributed by atoms with Crippen LogP contribution in [0.15, 0.2) is 10.7 Å². The quantitative estimate of drug-likeness (QED) is 0.589. The molecule has 2 heterocycles. The van der Waals surface area contributed by atoms with Crippen LogP contribution in [0.25, 0.3) is 0 Å². The molecule has 0 amide bonds. The van der Waals surface area contributed by atoms with Gasteiger partial charge in [-0.15, -0.1) is 0 Å². The van der Waals surface area contributed by atoms with Crippen molar-refractivity contribution in [2.45, 2.75) is 58.3 Å². The van der Waals surface area contributed by atoms with Gasteiger partial charge in [-0.25, -0.2) is 0 Å². The third kappa shape index (κ3) is 1.34. The molecule has 1 aliphatic heterocycles. The molecule has 118 valence electrons. The van der Waals surface area contributed by atoms with E-state index in [0.717, 1.165) is 24.0 Å². The summed E-state index contributed by atoms with van der Waals surface area (Å²) in [5, 5.41) is 0. The number of furan rings is 1. The number of ketones is 1. The first-order chi connectivity index (χ1) is 10.3. The molecule has 0 N–H and O–H groups in total. The van der Waals surface area contributed by atoms with Crippen LogP contribution in [0.5, 0.6) is 0 Å². The Hall–Kier alpha value is -1.62. The Kier molecular flexibility index (Phi) is 2.56. The lowest BCUT2D eigenvalue weighted by atomic mass is 9.53. The van der Waals surface area contributed by atoms with Crippen LogP contribution in [0, 0.1) is 18.3 Å². The standard InChI is InChI=1S/C17H20O5/c1-8-7-20-13-12(8)15(21-10(3)18)16(4)9(2)5-6-11-17(16,22-11)14(13)19/h7,9,11,15H,5-6H2,1-4H3. The average Bonchev–Trinajstić information content (AvgIpc) is 3.09. The smallest absolute Gasteiger partial charge is 0.303 e. The molecule has 2 fully saturated rings. The first-order valence-electron chi connectivity index (χ1n) is 7.81. The highest BCUT2D eigenvalue weighted by atomic mass is 16.6. The Labute approximate surface area is 129 Å². The summed E-state index contributed by atoms with van der Waals surface area (Å²) in [5.74, 6) is 0.0788. The van der Waals surface area contributed by atoms with Gasteiger partial charge in [-0.2, -0.15) is 0 Å². The Bertz CT molecular complexity index is 689. The molecule has 0 bridgehead atoms. The number of carbonyl (C=O) groups excluding carboxylic acids is 2. The van der Waals surface area contributed by atoms with Gasteiger partial charge in [0.05, 0.1) is 17.8 Å². The van der Waals surface area contributed by atoms with Crippen LogP contribution in [0.4, 0.5) is 0 Å². The van der Waals surface area contributed by atoms with Gasteiger partial charge < -0.3 is 13.9 Å². The van der Waals surface area contributed by atoms with Crippen molar-refractivity contribution in [1.29, 1.82) is 0 Å². The number of rotatable bonds is 1. The maximum atomic E-state index is 13.1. The van der Waals surface area contributed by atoms with Gasteiger partial charge in [-0.1, -0.05) is 13.8 Å². The van der Waals surface area contributed by atoms with Crippen molar-refractivity contribution >= 4 is 11.8 Å². The average molecular weight is 304 g/mol. The predicted molar refractivity (Wildman–Crippen MR) is 76.4 cm³/mol. The molecular formula is C17H20O5. The number of esters is 1. The summed E-state index contributed by atoms with van der Waals surface area (Å²) in [4.78, 5) is 24.7. The fraction of sp³-hybridized carbons (Fsp3) is 0.647. The largest absolute Gasteiger partial charge is 0.460 e. The van der Waals surface area contributed by atoms with Gasteiger partial charge >= 0.3 is 5.97 Å². The van der Waals surface area contributed by atoms with E-state index >= 15 is 0 Å². The molecule has 3 aliphatic rings. The van der Waals surface area contributed by atoms with Gasteiger partial charge in [0.25, 0.3) is 0 Å². The van der Waals surface area contributed by atoms with E-state index in [9.17, 15) is 9.59 Å². The highest BCUT2D eigenvalue weighted by Crippen LogP contribution is 2.69. The summed E-state index contributed by atoms with van der Waals surface area (Å²) in [6, 6.07) is 0. The molecule has 1 spiro atoms. The molecule has 5 unspecified atom stereocenters. The molecular weight excluding hydrogens is 284 g/mol. The zero-order valence-electron chi connectivity index (χ0n) is 13.3. The summed E-state index contributed by atoms with van der Waals surface area (Å²) < 4.78 is 17.2. The van der Waals surface area contributed by atoms with Crippen LogP contribution in [0.1, 0.15) is 61.4 Å². The van der Waals surface area contributed by atoms with Crippen LogP contribution < -0.4 is 0 Å². The van der Waals surface area contributed by atoms with E-state index in [0.29, 0.717) is 5.76 Å². The van der Waals surface area contributed by atoms with E-state index in [2.05, 4.69) is 6.92 Å². The van der Waals surface area contributed by atoms with Crippen LogP contribution in [0.3, 0.4) is 0 Å². The van der Waals surface area contributed by atoms with Crippen molar-refractivity contribution in [3.63, 3.8) is 0 Å². The third-order valence-electron chi connectivity index (χ3n) is 6.07. The highest BCUT2D eigenvalue weighted by molar-refractivity contribution is 6.06. The van der Waals surface area contributed by atoms with Gasteiger partial charge in [-0.05, 0) is 31.2 Å². The zero-order chi connectivity index (χ0) is 15.9. The normalized spacial score (nSPS) is 42.2. The van der Waals surface area contributed by atoms with E-state index < -0.39 is 17.1 Å². The van der Waals surface area contributed by atoms with Gasteiger partial charge in [0.2, 0.25) is 5.78 Å². The number of ether oxygens (including phenoxy) is 2. The van der Waals surface area contributed by atoms with E-state index in [-0.39, 0.29) is 23.8 Å². The maximum absolute atomic E-state index is 13.1. The third-order valence-corrected chi connectivity index (χ3v) is 6.07. The molecule has 0 radical (unpaired) electrons. The lowest BCUT2D eigenvalue weighted by Gasteiger charge is -2.49. The highest BCUT2D eigenvalue weighted by Gasteiger charge is 2.80. The molecule has 5 atom stereocenters. The van der Waals surface area contributed by atoms with Gasteiger partial charge in [0.1, 0.15) is 6.10 Å². The number of hydrogen-bond acceptors (Lipinski definition) is 5. The number of aryl methyl sites for hydroxylation is 1. The van der Waals surface area contributed by atoms with Crippen molar-refractivity contribution in [3.8, 4) is 0 Å². The molecule has 2 aliphatic carbocycles. The van der Waals surface area contributed by atoms with E-state index in [1.807, 2.05) is 13.8 Å². The van der Waals surface area contributed by atoms with Gasteiger partial charge in [-0.3, -0.25) is 9.59 Å². The molecule has 1 aromatic heterocycles. The van der Waals surface area contributed by atoms with Crippen molar-refractivity contribution in [3.05, 3.63) is 23.2 Å². The van der Waals surface area contributed by atoms with Gasteiger partial charge in [0, 0.05) is 12.5 Å². The topological polar surface area (TPSA) is 69.0 Å². The molecule has 1 saturated heterocycles. The predicted octanol–water partition coefficient (Wildman–Crippen LogP) is 2.96. The van der Waals surface area contributed by atoms with Crippen LogP contribution in [0.2, 0.25) is 0 Å². The number of fused-ring (bicyclic) bond motifs is 1. The minimum atomic E-state index is -0.887.